The third kappa shape index (κ3) is 6.42. The summed E-state index contributed by atoms with van der Waals surface area (Å²) in [6.07, 6.45) is 5.49. The highest BCUT2D eigenvalue weighted by Gasteiger charge is 2.52. The van der Waals surface area contributed by atoms with Gasteiger partial charge in [0.05, 0.1) is 55.6 Å². The first-order valence-corrected chi connectivity index (χ1v) is 17.7. The van der Waals surface area contributed by atoms with Crippen molar-refractivity contribution < 1.29 is 18.7 Å². The normalized spacial score (nSPS) is 23.4. The van der Waals surface area contributed by atoms with Crippen LogP contribution < -0.4 is 14.5 Å². The number of likely N-dealkylation sites (tertiary alicyclic amines) is 1. The molecule has 3 saturated heterocycles. The molecule has 3 aromatic rings. The van der Waals surface area contributed by atoms with E-state index in [0.29, 0.717) is 45.4 Å². The molecule has 2 bridgehead atoms. The SMILES string of the molecule is C=C(C)[C@]12CO[C@H](CN1CCCOc1nc3c(c(N4CCN(C(=O)/C=C/CF)[C@@H](CC#N)C4)n1)CCN(c1cccc4cccc(C)c14)C3)C2. The average molecular weight is 680 g/mol. The maximum absolute atomic E-state index is 12.9. The van der Waals surface area contributed by atoms with E-state index in [9.17, 15) is 14.4 Å². The number of allylic oxidation sites excluding steroid dienone is 1. The summed E-state index contributed by atoms with van der Waals surface area (Å²) in [5.74, 6) is 0.534. The van der Waals surface area contributed by atoms with E-state index < -0.39 is 6.67 Å². The Labute approximate surface area is 293 Å². The summed E-state index contributed by atoms with van der Waals surface area (Å²) in [7, 11) is 0. The monoisotopic (exact) mass is 679 g/mol. The van der Waals surface area contributed by atoms with Crippen molar-refractivity contribution in [2.24, 2.45) is 0 Å². The molecule has 3 fully saturated rings. The summed E-state index contributed by atoms with van der Waals surface area (Å²) in [5.41, 5.74) is 5.51. The zero-order chi connectivity index (χ0) is 34.8. The Morgan fingerprint density at radius 3 is 2.80 bits per heavy atom. The molecule has 1 amide bonds. The molecule has 4 aliphatic heterocycles. The third-order valence-electron chi connectivity index (χ3n) is 10.9. The summed E-state index contributed by atoms with van der Waals surface area (Å²) in [6.45, 7) is 13.6. The molecular weight excluding hydrogens is 633 g/mol. The Kier molecular flexibility index (Phi) is 9.76. The van der Waals surface area contributed by atoms with E-state index >= 15 is 0 Å². The van der Waals surface area contributed by atoms with E-state index in [1.165, 1.54) is 34.2 Å². The molecule has 5 heterocycles. The van der Waals surface area contributed by atoms with Crippen LogP contribution in [0.3, 0.4) is 0 Å². The standard InChI is InChI=1S/C39H46FN7O3/c1-27(2)39-22-31(50-26-39)24-46(39)17-7-21-49-38-42-33-25-44(34-11-5-10-29-9-4-8-28(3)36(29)34)18-14-32(33)37(43-38)45-19-20-47(30(23-45)13-16-41)35(48)12-6-15-40/h4-6,8-12,30-31H,1,7,13-15,17-26H2,2-3H3/b12-6+/t30-,31-,39-/m0/s1. The fraction of sp³-hybridized carbons (Fsp3) is 0.487. The van der Waals surface area contributed by atoms with Gasteiger partial charge in [-0.25, -0.2) is 4.39 Å². The number of aryl methyl sites for hydroxylation is 1. The number of benzene rings is 2. The molecule has 7 rings (SSSR count). The number of alkyl halides is 1. The molecule has 0 aliphatic carbocycles. The minimum absolute atomic E-state index is 0.0747. The highest BCUT2D eigenvalue weighted by molar-refractivity contribution is 5.97. The fourth-order valence-electron chi connectivity index (χ4n) is 8.35. The number of morpholine rings is 1. The van der Waals surface area contributed by atoms with Crippen LogP contribution in [0.2, 0.25) is 0 Å². The largest absolute Gasteiger partial charge is 0.463 e. The number of nitriles is 1. The molecule has 50 heavy (non-hydrogen) atoms. The second kappa shape index (κ2) is 14.4. The minimum atomic E-state index is -0.707. The molecule has 0 spiro atoms. The Hall–Kier alpha value is -4.53. The molecule has 10 nitrogen and oxygen atoms in total. The second-order valence-electron chi connectivity index (χ2n) is 14.0. The van der Waals surface area contributed by atoms with Crippen LogP contribution in [0.5, 0.6) is 6.01 Å². The number of rotatable bonds is 11. The number of nitrogens with zero attached hydrogens (tertiary/aromatic N) is 7. The summed E-state index contributed by atoms with van der Waals surface area (Å²) in [6, 6.07) is 15.1. The van der Waals surface area contributed by atoms with Crippen molar-refractivity contribution >= 4 is 28.2 Å². The summed E-state index contributed by atoms with van der Waals surface area (Å²) < 4.78 is 25.1. The van der Waals surface area contributed by atoms with Gasteiger partial charge in [0.15, 0.2) is 0 Å². The summed E-state index contributed by atoms with van der Waals surface area (Å²) in [4.78, 5) is 31.6. The van der Waals surface area contributed by atoms with E-state index in [1.807, 2.05) is 0 Å². The Balaban J connectivity index is 1.15. The number of amides is 1. The first-order valence-electron chi connectivity index (χ1n) is 17.7. The van der Waals surface area contributed by atoms with Gasteiger partial charge in [0.2, 0.25) is 5.91 Å². The van der Waals surface area contributed by atoms with Crippen LogP contribution in [0.1, 0.15) is 43.0 Å². The van der Waals surface area contributed by atoms with Gasteiger partial charge < -0.3 is 24.2 Å². The van der Waals surface area contributed by atoms with Gasteiger partial charge in [-0.1, -0.05) is 42.5 Å². The highest BCUT2D eigenvalue weighted by atomic mass is 19.1. The number of hydrogen-bond donors (Lipinski definition) is 0. The predicted molar refractivity (Wildman–Crippen MR) is 192 cm³/mol. The molecule has 4 aliphatic rings. The summed E-state index contributed by atoms with van der Waals surface area (Å²) >= 11 is 0. The van der Waals surface area contributed by atoms with Gasteiger partial charge >= 0.3 is 6.01 Å². The maximum Gasteiger partial charge on any atom is 0.318 e. The van der Waals surface area contributed by atoms with Crippen molar-refractivity contribution in [1.82, 2.24) is 19.8 Å². The fourth-order valence-corrected chi connectivity index (χ4v) is 8.35. The van der Waals surface area contributed by atoms with Gasteiger partial charge in [-0.2, -0.15) is 15.2 Å². The van der Waals surface area contributed by atoms with E-state index in [1.54, 1.807) is 4.90 Å². The van der Waals surface area contributed by atoms with Crippen LogP contribution in [0, 0.1) is 18.3 Å². The number of halogens is 1. The molecule has 0 unspecified atom stereocenters. The Morgan fingerprint density at radius 2 is 2.02 bits per heavy atom. The minimum Gasteiger partial charge on any atom is -0.463 e. The van der Waals surface area contributed by atoms with Crippen LogP contribution in [0.4, 0.5) is 15.9 Å². The first kappa shape index (κ1) is 33.9. The van der Waals surface area contributed by atoms with E-state index in [4.69, 9.17) is 19.4 Å². The van der Waals surface area contributed by atoms with Gasteiger partial charge in [-0.05, 0) is 56.2 Å². The van der Waals surface area contributed by atoms with Crippen molar-refractivity contribution in [3.63, 3.8) is 0 Å². The quantitative estimate of drug-likeness (QED) is 0.155. The molecule has 11 heteroatoms. The molecule has 2 aromatic carbocycles. The number of piperazine rings is 1. The van der Waals surface area contributed by atoms with Crippen molar-refractivity contribution in [3.8, 4) is 12.1 Å². The molecule has 0 radical (unpaired) electrons. The van der Waals surface area contributed by atoms with E-state index in [0.717, 1.165) is 61.5 Å². The summed E-state index contributed by atoms with van der Waals surface area (Å²) in [5, 5.41) is 12.1. The van der Waals surface area contributed by atoms with Crippen LogP contribution in [-0.4, -0.2) is 103 Å². The second-order valence-corrected chi connectivity index (χ2v) is 14.0. The van der Waals surface area contributed by atoms with Gasteiger partial charge in [-0.15, -0.1) is 0 Å². The van der Waals surface area contributed by atoms with E-state index in [2.05, 4.69) is 77.6 Å². The number of ether oxygens (including phenoxy) is 2. The van der Waals surface area contributed by atoms with E-state index in [-0.39, 0.29) is 30.0 Å². The van der Waals surface area contributed by atoms with Crippen molar-refractivity contribution in [3.05, 3.63) is 77.5 Å². The van der Waals surface area contributed by atoms with Crippen molar-refractivity contribution in [2.75, 3.05) is 69.0 Å². The lowest BCUT2D eigenvalue weighted by atomic mass is 9.91. The Morgan fingerprint density at radius 1 is 1.18 bits per heavy atom. The van der Waals surface area contributed by atoms with Crippen molar-refractivity contribution in [1.29, 1.82) is 5.26 Å². The molecule has 0 saturated carbocycles. The van der Waals surface area contributed by atoms with Crippen LogP contribution >= 0.6 is 0 Å². The molecular formula is C39H46FN7O3. The van der Waals surface area contributed by atoms with Crippen molar-refractivity contribution in [2.45, 2.75) is 63.8 Å². The zero-order valence-electron chi connectivity index (χ0n) is 29.1. The molecule has 3 atom stereocenters. The third-order valence-corrected chi connectivity index (χ3v) is 10.9. The number of anilines is 2. The lowest BCUT2D eigenvalue weighted by Gasteiger charge is -2.42. The maximum atomic E-state index is 12.9. The van der Waals surface area contributed by atoms with Gasteiger partial charge in [0.25, 0.3) is 0 Å². The lowest BCUT2D eigenvalue weighted by molar-refractivity contribution is -0.128. The zero-order valence-corrected chi connectivity index (χ0v) is 29.1. The lowest BCUT2D eigenvalue weighted by Crippen LogP contribution is -2.55. The topological polar surface area (TPSA) is 98.1 Å². The molecule has 0 N–H and O–H groups in total. The number of fused-ring (bicyclic) bond motifs is 4. The van der Waals surface area contributed by atoms with Crippen LogP contribution in [0.15, 0.2) is 60.7 Å². The molecule has 262 valence electrons. The molecule has 1 aromatic heterocycles. The van der Waals surface area contributed by atoms with Gasteiger partial charge in [0, 0.05) is 62.0 Å². The highest BCUT2D eigenvalue weighted by Crippen LogP contribution is 2.42. The number of hydrogen-bond acceptors (Lipinski definition) is 9. The number of aromatic nitrogens is 2. The predicted octanol–water partition coefficient (Wildman–Crippen LogP) is 5.15. The average Bonchev–Trinajstić information content (AvgIpc) is 3.72. The number of carbonyl (C=O) groups excluding carboxylic acids is 1. The van der Waals surface area contributed by atoms with Gasteiger partial charge in [-0.3, -0.25) is 9.69 Å². The first-order chi connectivity index (χ1) is 24.3. The number of carbonyl (C=O) groups is 1. The Bertz CT molecular complexity index is 1840. The van der Waals surface area contributed by atoms with Gasteiger partial charge in [0.1, 0.15) is 12.5 Å². The van der Waals surface area contributed by atoms with Crippen LogP contribution in [-0.2, 0) is 22.5 Å². The van der Waals surface area contributed by atoms with Crippen LogP contribution in [0.25, 0.3) is 10.8 Å². The smallest absolute Gasteiger partial charge is 0.318 e.